The van der Waals surface area contributed by atoms with Crippen LogP contribution in [-0.2, 0) is 16.2 Å². The van der Waals surface area contributed by atoms with Crippen molar-refractivity contribution >= 4 is 21.1 Å². The minimum atomic E-state index is -4.68. The largest absolute Gasteiger partial charge is 0.419 e. The van der Waals surface area contributed by atoms with E-state index in [0.29, 0.717) is 11.3 Å². The van der Waals surface area contributed by atoms with Crippen LogP contribution in [-0.4, -0.2) is 18.0 Å². The normalized spacial score (nSPS) is 12.4. The summed E-state index contributed by atoms with van der Waals surface area (Å²) in [6.45, 7) is 1.91. The molecule has 4 aromatic rings. The van der Waals surface area contributed by atoms with Gasteiger partial charge in [-0.1, -0.05) is 42.0 Å². The zero-order chi connectivity index (χ0) is 21.7. The Bertz CT molecular complexity index is 1360. The highest BCUT2D eigenvalue weighted by atomic mass is 32.2. The molecule has 0 bridgehead atoms. The maximum Gasteiger partial charge on any atom is 0.419 e. The van der Waals surface area contributed by atoms with E-state index < -0.39 is 21.8 Å². The Morgan fingerprint density at radius 3 is 2.27 bits per heavy atom. The number of para-hydroxylation sites is 1. The van der Waals surface area contributed by atoms with Crippen LogP contribution in [0.1, 0.15) is 11.1 Å². The lowest BCUT2D eigenvalue weighted by Gasteiger charge is -2.10. The summed E-state index contributed by atoms with van der Waals surface area (Å²) in [5.74, 6) is 0. The van der Waals surface area contributed by atoms with Gasteiger partial charge in [-0.15, -0.1) is 0 Å². The number of pyridine rings is 1. The predicted octanol–water partition coefficient (Wildman–Crippen LogP) is 4.67. The van der Waals surface area contributed by atoms with Crippen LogP contribution in [0.25, 0.3) is 28.0 Å². The smallest absolute Gasteiger partial charge is 0.313 e. The zero-order valence-electron chi connectivity index (χ0n) is 15.7. The molecule has 0 saturated heterocycles. The Morgan fingerprint density at radius 1 is 0.967 bits per heavy atom. The van der Waals surface area contributed by atoms with Crippen molar-refractivity contribution in [2.45, 2.75) is 18.0 Å². The van der Waals surface area contributed by atoms with E-state index in [-0.39, 0.29) is 21.6 Å². The molecule has 0 aliphatic rings. The molecule has 30 heavy (non-hydrogen) atoms. The molecule has 0 saturated carbocycles. The number of fused-ring (bicyclic) bond motifs is 1. The van der Waals surface area contributed by atoms with E-state index in [2.05, 4.69) is 4.98 Å². The monoisotopic (exact) mass is 431 g/mol. The highest BCUT2D eigenvalue weighted by Gasteiger charge is 2.36. The van der Waals surface area contributed by atoms with Crippen LogP contribution in [0.5, 0.6) is 0 Å². The Labute approximate surface area is 170 Å². The van der Waals surface area contributed by atoms with Crippen LogP contribution in [0, 0.1) is 6.92 Å². The first-order valence-corrected chi connectivity index (χ1v) is 10.4. The fourth-order valence-corrected chi connectivity index (χ4v) is 4.02. The number of sulfonamides is 1. The molecular formula is C21H16F3N3O2S. The molecule has 0 amide bonds. The number of aromatic nitrogens is 2. The quantitative estimate of drug-likeness (QED) is 0.512. The third-order valence-corrected chi connectivity index (χ3v) is 5.69. The van der Waals surface area contributed by atoms with Crippen LogP contribution in [0.2, 0.25) is 0 Å². The van der Waals surface area contributed by atoms with Crippen molar-refractivity contribution in [1.82, 2.24) is 9.55 Å². The van der Waals surface area contributed by atoms with Gasteiger partial charge in [0.15, 0.2) is 0 Å². The van der Waals surface area contributed by atoms with Gasteiger partial charge in [0.05, 0.1) is 22.5 Å². The van der Waals surface area contributed by atoms with Gasteiger partial charge in [0, 0.05) is 11.8 Å². The second-order valence-corrected chi connectivity index (χ2v) is 8.38. The molecule has 4 rings (SSSR count). The molecule has 0 atom stereocenters. The van der Waals surface area contributed by atoms with Gasteiger partial charge in [0.2, 0.25) is 10.0 Å². The predicted molar refractivity (Wildman–Crippen MR) is 108 cm³/mol. The summed E-state index contributed by atoms with van der Waals surface area (Å²) in [6, 6.07) is 16.0. The van der Waals surface area contributed by atoms with E-state index in [0.717, 1.165) is 16.3 Å². The standard InChI is InChI=1S/C21H16F3N3O2S/c1-13-6-8-14(9-7-13)16-10-11-18-20(26-16)15(21(22,23)24)12-27(18)17-4-2-3-5-19(17)30(25,28)29/h2-12H,1H3,(H2,25,28,29). The molecule has 154 valence electrons. The second kappa shape index (κ2) is 6.96. The Morgan fingerprint density at radius 2 is 1.63 bits per heavy atom. The average Bonchev–Trinajstić information content (AvgIpc) is 3.07. The summed E-state index contributed by atoms with van der Waals surface area (Å²) in [4.78, 5) is 3.98. The topological polar surface area (TPSA) is 78.0 Å². The van der Waals surface area contributed by atoms with Crippen molar-refractivity contribution in [2.75, 3.05) is 0 Å². The van der Waals surface area contributed by atoms with Crippen LogP contribution in [0.4, 0.5) is 13.2 Å². The van der Waals surface area contributed by atoms with Crippen molar-refractivity contribution in [2.24, 2.45) is 5.14 Å². The number of halogens is 3. The number of aryl methyl sites for hydroxylation is 1. The van der Waals surface area contributed by atoms with Gasteiger partial charge in [0.1, 0.15) is 10.4 Å². The molecule has 2 heterocycles. The molecule has 0 spiro atoms. The highest BCUT2D eigenvalue weighted by Crippen LogP contribution is 2.38. The molecule has 0 aliphatic carbocycles. The number of nitrogens with two attached hydrogens (primary N) is 1. The summed E-state index contributed by atoms with van der Waals surface area (Å²) in [6.07, 6.45) is -3.83. The number of alkyl halides is 3. The first kappa shape index (κ1) is 20.1. The number of benzene rings is 2. The van der Waals surface area contributed by atoms with Crippen molar-refractivity contribution in [3.63, 3.8) is 0 Å². The van der Waals surface area contributed by atoms with Crippen LogP contribution < -0.4 is 5.14 Å². The fraction of sp³-hybridized carbons (Fsp3) is 0.0952. The molecular weight excluding hydrogens is 415 g/mol. The van der Waals surface area contributed by atoms with Gasteiger partial charge < -0.3 is 4.57 Å². The minimum Gasteiger partial charge on any atom is -0.313 e. The lowest BCUT2D eigenvalue weighted by Crippen LogP contribution is -2.15. The van der Waals surface area contributed by atoms with Gasteiger partial charge in [-0.05, 0) is 31.2 Å². The maximum atomic E-state index is 13.8. The summed E-state index contributed by atoms with van der Waals surface area (Å²) in [7, 11) is -4.15. The maximum absolute atomic E-state index is 13.8. The van der Waals surface area contributed by atoms with Gasteiger partial charge in [-0.25, -0.2) is 18.5 Å². The molecule has 2 N–H and O–H groups in total. The minimum absolute atomic E-state index is 0.0189. The SMILES string of the molecule is Cc1ccc(-c2ccc3c(n2)c(C(F)(F)F)cn3-c2ccccc2S(N)(=O)=O)cc1. The van der Waals surface area contributed by atoms with E-state index in [9.17, 15) is 21.6 Å². The first-order chi connectivity index (χ1) is 14.1. The van der Waals surface area contributed by atoms with Gasteiger partial charge in [-0.2, -0.15) is 13.2 Å². The van der Waals surface area contributed by atoms with Crippen molar-refractivity contribution in [3.05, 3.63) is 78.0 Å². The molecule has 5 nitrogen and oxygen atoms in total. The Balaban J connectivity index is 2.01. The number of primary sulfonamides is 1. The number of hydrogen-bond donors (Lipinski definition) is 1. The molecule has 9 heteroatoms. The molecule has 2 aromatic carbocycles. The lowest BCUT2D eigenvalue weighted by atomic mass is 10.1. The molecule has 0 aliphatic heterocycles. The van der Waals surface area contributed by atoms with E-state index in [1.165, 1.54) is 30.3 Å². The summed E-state index contributed by atoms with van der Waals surface area (Å²) in [5, 5.41) is 5.26. The molecule has 2 aromatic heterocycles. The number of nitrogens with zero attached hydrogens (tertiary/aromatic N) is 2. The van der Waals surface area contributed by atoms with Crippen LogP contribution >= 0.6 is 0 Å². The van der Waals surface area contributed by atoms with Crippen LogP contribution in [0.15, 0.2) is 71.8 Å². The Kier molecular flexibility index (Phi) is 4.67. The highest BCUT2D eigenvalue weighted by molar-refractivity contribution is 7.89. The van der Waals surface area contributed by atoms with E-state index >= 15 is 0 Å². The van der Waals surface area contributed by atoms with E-state index in [1.807, 2.05) is 19.1 Å². The summed E-state index contributed by atoms with van der Waals surface area (Å²) in [5.41, 5.74) is 0.973. The molecule has 0 fully saturated rings. The van der Waals surface area contributed by atoms with Gasteiger partial charge in [-0.3, -0.25) is 0 Å². The van der Waals surface area contributed by atoms with Gasteiger partial charge >= 0.3 is 6.18 Å². The number of hydrogen-bond acceptors (Lipinski definition) is 3. The average molecular weight is 431 g/mol. The van der Waals surface area contributed by atoms with Crippen molar-refractivity contribution in [3.8, 4) is 16.9 Å². The van der Waals surface area contributed by atoms with E-state index in [4.69, 9.17) is 5.14 Å². The fourth-order valence-electron chi connectivity index (χ4n) is 3.29. The third kappa shape index (κ3) is 3.57. The zero-order valence-corrected chi connectivity index (χ0v) is 16.5. The summed E-state index contributed by atoms with van der Waals surface area (Å²) >= 11 is 0. The van der Waals surface area contributed by atoms with Gasteiger partial charge in [0.25, 0.3) is 0 Å². The molecule has 0 unspecified atom stereocenters. The lowest BCUT2D eigenvalue weighted by molar-refractivity contribution is -0.136. The van der Waals surface area contributed by atoms with E-state index in [1.54, 1.807) is 18.2 Å². The second-order valence-electron chi connectivity index (χ2n) is 6.85. The number of rotatable bonds is 3. The first-order valence-electron chi connectivity index (χ1n) is 8.84. The third-order valence-electron chi connectivity index (χ3n) is 4.73. The summed E-state index contributed by atoms with van der Waals surface area (Å²) < 4.78 is 66.4. The Hall–Kier alpha value is -3.17. The van der Waals surface area contributed by atoms with Crippen molar-refractivity contribution < 1.29 is 21.6 Å². The van der Waals surface area contributed by atoms with Crippen molar-refractivity contribution in [1.29, 1.82) is 0 Å². The molecule has 0 radical (unpaired) electrons. The van der Waals surface area contributed by atoms with Crippen LogP contribution in [0.3, 0.4) is 0 Å².